The van der Waals surface area contributed by atoms with Gasteiger partial charge in [-0.2, -0.15) is 5.10 Å². The molecule has 6 heteroatoms. The van der Waals surface area contributed by atoms with Crippen molar-refractivity contribution in [3.8, 4) is 0 Å². The van der Waals surface area contributed by atoms with Gasteiger partial charge in [0.05, 0.1) is 11.2 Å². The third-order valence-corrected chi connectivity index (χ3v) is 2.98. The van der Waals surface area contributed by atoms with Crippen molar-refractivity contribution in [3.05, 3.63) is 30.0 Å². The molecule has 0 spiro atoms. The van der Waals surface area contributed by atoms with E-state index in [1.807, 2.05) is 24.3 Å². The second kappa shape index (κ2) is 5.20. The maximum Gasteiger partial charge on any atom is 0.408 e. The number of carbonyl (C=O) groups is 2. The van der Waals surface area contributed by atoms with Gasteiger partial charge in [-0.3, -0.25) is 5.10 Å². The van der Waals surface area contributed by atoms with Crippen molar-refractivity contribution in [2.45, 2.75) is 38.8 Å². The zero-order chi connectivity index (χ0) is 15.7. The Morgan fingerprint density at radius 2 is 1.95 bits per heavy atom. The monoisotopic (exact) mass is 289 g/mol. The molecule has 0 radical (unpaired) electrons. The van der Waals surface area contributed by atoms with E-state index in [2.05, 4.69) is 15.5 Å². The highest BCUT2D eigenvalue weighted by molar-refractivity contribution is 5.88. The van der Waals surface area contributed by atoms with Crippen LogP contribution in [0.2, 0.25) is 0 Å². The summed E-state index contributed by atoms with van der Waals surface area (Å²) in [4.78, 5) is 23.5. The van der Waals surface area contributed by atoms with Crippen LogP contribution in [0.5, 0.6) is 0 Å². The largest absolute Gasteiger partial charge is 0.444 e. The number of nitrogens with zero attached hydrogens (tertiary/aromatic N) is 1. The van der Waals surface area contributed by atoms with Crippen LogP contribution in [0, 0.1) is 0 Å². The summed E-state index contributed by atoms with van der Waals surface area (Å²) in [5.74, 6) is 0. The SMILES string of the molecule is CC(C)(C)OC(=O)NC(C)(C=O)c1[nH]nc2ccccc12. The average molecular weight is 289 g/mol. The number of nitrogens with one attached hydrogen (secondary N) is 2. The number of aromatic amines is 1. The lowest BCUT2D eigenvalue weighted by molar-refractivity contribution is -0.113. The first-order chi connectivity index (χ1) is 9.75. The van der Waals surface area contributed by atoms with Crippen molar-refractivity contribution in [1.29, 1.82) is 0 Å². The minimum absolute atomic E-state index is 0.527. The van der Waals surface area contributed by atoms with Crippen molar-refractivity contribution < 1.29 is 14.3 Å². The molecule has 1 heterocycles. The number of alkyl carbamates (subject to hydrolysis) is 1. The minimum atomic E-state index is -1.24. The van der Waals surface area contributed by atoms with Crippen LogP contribution in [0.15, 0.2) is 24.3 Å². The van der Waals surface area contributed by atoms with Crippen molar-refractivity contribution in [2.75, 3.05) is 0 Å². The molecule has 1 aromatic heterocycles. The van der Waals surface area contributed by atoms with Gasteiger partial charge in [0.25, 0.3) is 0 Å². The summed E-state index contributed by atoms with van der Waals surface area (Å²) in [6.07, 6.45) is 0.00688. The molecular weight excluding hydrogens is 270 g/mol. The Labute approximate surface area is 122 Å². The number of para-hydroxylation sites is 1. The van der Waals surface area contributed by atoms with Crippen molar-refractivity contribution >= 4 is 23.3 Å². The first-order valence-corrected chi connectivity index (χ1v) is 6.66. The molecule has 0 aliphatic carbocycles. The standard InChI is InChI=1S/C15H19N3O3/c1-14(2,3)21-13(20)16-15(4,9-19)12-10-7-5-6-8-11(10)17-18-12/h5-9H,1-4H3,(H,16,20)(H,17,18). The fourth-order valence-electron chi connectivity index (χ4n) is 2.02. The van der Waals surface area contributed by atoms with Crippen LogP contribution in [0.25, 0.3) is 10.9 Å². The molecule has 6 nitrogen and oxygen atoms in total. The molecule has 1 atom stereocenters. The van der Waals surface area contributed by atoms with Crippen LogP contribution in [0.3, 0.4) is 0 Å². The molecule has 1 unspecified atom stereocenters. The van der Waals surface area contributed by atoms with E-state index in [4.69, 9.17) is 4.74 Å². The smallest absolute Gasteiger partial charge is 0.408 e. The van der Waals surface area contributed by atoms with Gasteiger partial charge in [-0.25, -0.2) is 4.79 Å². The molecule has 1 aromatic carbocycles. The number of fused-ring (bicyclic) bond motifs is 1. The highest BCUT2D eigenvalue weighted by Gasteiger charge is 2.33. The molecule has 0 saturated heterocycles. The van der Waals surface area contributed by atoms with Crippen LogP contribution in [-0.2, 0) is 15.1 Å². The predicted molar refractivity (Wildman–Crippen MR) is 78.9 cm³/mol. The topological polar surface area (TPSA) is 84.1 Å². The number of H-pyrrole nitrogens is 1. The summed E-state index contributed by atoms with van der Waals surface area (Å²) in [5, 5.41) is 10.3. The lowest BCUT2D eigenvalue weighted by Crippen LogP contribution is -2.47. The Kier molecular flexibility index (Phi) is 3.72. The van der Waals surface area contributed by atoms with E-state index in [0.29, 0.717) is 12.0 Å². The Bertz CT molecular complexity index is 672. The van der Waals surface area contributed by atoms with Gasteiger partial charge in [0.1, 0.15) is 11.1 Å². The predicted octanol–water partition coefficient (Wildman–Crippen LogP) is 2.50. The molecule has 0 aliphatic heterocycles. The average Bonchev–Trinajstić information content (AvgIpc) is 2.80. The van der Waals surface area contributed by atoms with Crippen LogP contribution >= 0.6 is 0 Å². The van der Waals surface area contributed by atoms with Gasteiger partial charge in [-0.05, 0) is 33.8 Å². The van der Waals surface area contributed by atoms with Crippen LogP contribution in [0.1, 0.15) is 33.4 Å². The van der Waals surface area contributed by atoms with E-state index in [9.17, 15) is 9.59 Å². The van der Waals surface area contributed by atoms with E-state index in [1.54, 1.807) is 27.7 Å². The molecule has 112 valence electrons. The number of rotatable bonds is 3. The number of benzene rings is 1. The van der Waals surface area contributed by atoms with Crippen LogP contribution in [-0.4, -0.2) is 28.2 Å². The Morgan fingerprint density at radius 1 is 1.29 bits per heavy atom. The normalized spacial score (nSPS) is 14.5. The number of amides is 1. The number of ether oxygens (including phenoxy) is 1. The van der Waals surface area contributed by atoms with Crippen LogP contribution < -0.4 is 5.32 Å². The lowest BCUT2D eigenvalue weighted by atomic mass is 9.97. The van der Waals surface area contributed by atoms with Gasteiger partial charge in [-0.15, -0.1) is 0 Å². The van der Waals surface area contributed by atoms with Gasteiger partial charge < -0.3 is 14.8 Å². The summed E-state index contributed by atoms with van der Waals surface area (Å²) in [5.41, 5.74) is -0.618. The number of aldehydes is 1. The van der Waals surface area contributed by atoms with Crippen molar-refractivity contribution in [1.82, 2.24) is 15.5 Å². The quantitative estimate of drug-likeness (QED) is 0.850. The van der Waals surface area contributed by atoms with Crippen molar-refractivity contribution in [2.24, 2.45) is 0 Å². The van der Waals surface area contributed by atoms with Gasteiger partial charge in [-0.1, -0.05) is 18.2 Å². The third kappa shape index (κ3) is 3.21. The molecule has 21 heavy (non-hydrogen) atoms. The van der Waals surface area contributed by atoms with Crippen LogP contribution in [0.4, 0.5) is 4.79 Å². The Balaban J connectivity index is 2.33. The van der Waals surface area contributed by atoms with Gasteiger partial charge in [0.15, 0.2) is 6.29 Å². The zero-order valence-electron chi connectivity index (χ0n) is 12.6. The first-order valence-electron chi connectivity index (χ1n) is 6.66. The highest BCUT2D eigenvalue weighted by atomic mass is 16.6. The highest BCUT2D eigenvalue weighted by Crippen LogP contribution is 2.25. The van der Waals surface area contributed by atoms with E-state index in [-0.39, 0.29) is 0 Å². The molecule has 0 saturated carbocycles. The van der Waals surface area contributed by atoms with Gasteiger partial charge >= 0.3 is 6.09 Å². The Morgan fingerprint density at radius 3 is 2.57 bits per heavy atom. The first kappa shape index (κ1) is 15.0. The molecular formula is C15H19N3O3. The second-order valence-corrected chi connectivity index (χ2v) is 6.06. The molecule has 2 aromatic rings. The fraction of sp³-hybridized carbons (Fsp3) is 0.400. The summed E-state index contributed by atoms with van der Waals surface area (Å²) >= 11 is 0. The molecule has 0 bridgehead atoms. The summed E-state index contributed by atoms with van der Waals surface area (Å²) in [6.45, 7) is 6.88. The molecule has 2 N–H and O–H groups in total. The molecule has 1 amide bonds. The maximum atomic E-state index is 11.9. The van der Waals surface area contributed by atoms with E-state index < -0.39 is 17.2 Å². The number of carbonyl (C=O) groups excluding carboxylic acids is 2. The minimum Gasteiger partial charge on any atom is -0.444 e. The van der Waals surface area contributed by atoms with E-state index in [1.165, 1.54) is 0 Å². The van der Waals surface area contributed by atoms with Gasteiger partial charge in [0, 0.05) is 5.39 Å². The molecule has 0 aliphatic rings. The third-order valence-electron chi connectivity index (χ3n) is 2.98. The Hall–Kier alpha value is -2.37. The van der Waals surface area contributed by atoms with Crippen molar-refractivity contribution in [3.63, 3.8) is 0 Å². The lowest BCUT2D eigenvalue weighted by Gasteiger charge is -2.26. The summed E-state index contributed by atoms with van der Waals surface area (Å²) in [6, 6.07) is 7.37. The number of aromatic nitrogens is 2. The van der Waals surface area contributed by atoms with E-state index in [0.717, 1.165) is 10.9 Å². The molecule has 2 rings (SSSR count). The second-order valence-electron chi connectivity index (χ2n) is 6.06. The fourth-order valence-corrected chi connectivity index (χ4v) is 2.02. The maximum absolute atomic E-state index is 11.9. The van der Waals surface area contributed by atoms with Gasteiger partial charge in [0.2, 0.25) is 0 Å². The van der Waals surface area contributed by atoms with E-state index >= 15 is 0 Å². The number of hydrogen-bond donors (Lipinski definition) is 2. The zero-order valence-corrected chi connectivity index (χ0v) is 12.6. The summed E-state index contributed by atoms with van der Waals surface area (Å²) in [7, 11) is 0. The number of hydrogen-bond acceptors (Lipinski definition) is 4. The summed E-state index contributed by atoms with van der Waals surface area (Å²) < 4.78 is 5.20. The molecule has 0 fully saturated rings.